The van der Waals surface area contributed by atoms with Crippen LogP contribution in [0.15, 0.2) is 0 Å². The summed E-state index contributed by atoms with van der Waals surface area (Å²) in [7, 11) is -1.64. The van der Waals surface area contributed by atoms with E-state index in [1.807, 2.05) is 0 Å². The summed E-state index contributed by atoms with van der Waals surface area (Å²) in [6.45, 7) is 8.56. The molecule has 3 rings (SSSR count). The Hall–Kier alpha value is -0.223. The molecule has 0 aromatic carbocycles. The van der Waals surface area contributed by atoms with Gasteiger partial charge in [0.2, 0.25) is 0 Å². The zero-order valence-electron chi connectivity index (χ0n) is 19.2. The third kappa shape index (κ3) is 5.21. The number of aliphatic hydroxyl groups excluding tert-OH is 5. The summed E-state index contributed by atoms with van der Waals surface area (Å²) in [6.07, 6.45) is -11.0. The van der Waals surface area contributed by atoms with Crippen LogP contribution in [0.2, 0.25) is 25.7 Å². The summed E-state index contributed by atoms with van der Waals surface area (Å²) in [5, 5.41) is 62.9. The quantitative estimate of drug-likeness (QED) is 0.234. The number of ether oxygens (including phenoxy) is 5. The van der Waals surface area contributed by atoms with E-state index in [9.17, 15) is 30.6 Å². The molecule has 0 unspecified atom stereocenters. The molecule has 3 aliphatic heterocycles. The van der Waals surface area contributed by atoms with E-state index >= 15 is 0 Å². The van der Waals surface area contributed by atoms with Crippen molar-refractivity contribution in [1.82, 2.24) is 0 Å². The van der Waals surface area contributed by atoms with Crippen LogP contribution >= 0.6 is 0 Å². The van der Waals surface area contributed by atoms with Crippen molar-refractivity contribution < 1.29 is 54.3 Å². The fourth-order valence-corrected chi connectivity index (χ4v) is 5.57. The van der Waals surface area contributed by atoms with E-state index in [1.54, 1.807) is 13.8 Å². The first kappa shape index (κ1) is 26.4. The monoisotopic (exact) mass is 482 g/mol. The van der Waals surface area contributed by atoms with Crippen molar-refractivity contribution in [2.45, 2.75) is 113 Å². The summed E-state index contributed by atoms with van der Waals surface area (Å²) < 4.78 is 28.4. The van der Waals surface area contributed by atoms with Gasteiger partial charge in [-0.2, -0.15) is 0 Å². The van der Waals surface area contributed by atoms with Crippen LogP contribution in [0, 0.1) is 0 Å². The van der Waals surface area contributed by atoms with Crippen molar-refractivity contribution in [2.24, 2.45) is 0 Å². The second kappa shape index (κ2) is 9.44. The number of rotatable bonds is 7. The molecule has 188 valence electrons. The van der Waals surface area contributed by atoms with E-state index in [4.69, 9.17) is 23.7 Å². The van der Waals surface area contributed by atoms with Crippen LogP contribution in [0.25, 0.3) is 0 Å². The second-order valence-corrected chi connectivity index (χ2v) is 16.2. The van der Waals surface area contributed by atoms with Gasteiger partial charge in [-0.15, -0.1) is 0 Å². The molecule has 0 radical (unpaired) electrons. The van der Waals surface area contributed by atoms with E-state index in [2.05, 4.69) is 19.6 Å². The van der Waals surface area contributed by atoms with Gasteiger partial charge in [-0.1, -0.05) is 25.7 Å². The lowest BCUT2D eigenvalue weighted by atomic mass is 9.84. The van der Waals surface area contributed by atoms with E-state index in [0.29, 0.717) is 6.04 Å². The zero-order chi connectivity index (χ0) is 24.1. The smallest absolute Gasteiger partial charge is 0.187 e. The first-order valence-corrected chi connectivity index (χ1v) is 14.7. The minimum absolute atomic E-state index is 0.0618. The Morgan fingerprint density at radius 1 is 0.906 bits per heavy atom. The maximum Gasteiger partial charge on any atom is 0.187 e. The predicted octanol–water partition coefficient (Wildman–Crippen LogP) is -1.50. The molecule has 3 aliphatic rings. The highest BCUT2D eigenvalue weighted by molar-refractivity contribution is 6.76. The molecule has 6 N–H and O–H groups in total. The van der Waals surface area contributed by atoms with Gasteiger partial charge in [0, 0.05) is 8.07 Å². The standard InChI is InChI=1S/C20H38O11Si/c1-19(2)30-13-10(8-21)27-17(12(23)15(13)31-19)29-14-11(9-22)28-18(25)20(26,16(14)24)6-7-32(3,4)5/h10-18,21-26H,6-9H2,1-5H3/t10-,11-,12-,13+,14-,15-,16+,17+,18-,20-/m1/s1. The fourth-order valence-electron chi connectivity index (χ4n) is 4.42. The van der Waals surface area contributed by atoms with E-state index in [0.717, 1.165) is 0 Å². The average Bonchev–Trinajstić information content (AvgIpc) is 3.03. The normalized spacial score (nSPS) is 46.8. The Labute approximate surface area is 188 Å². The minimum atomic E-state index is -2.04. The Kier molecular flexibility index (Phi) is 7.78. The highest BCUT2D eigenvalue weighted by Gasteiger charge is 2.59. The van der Waals surface area contributed by atoms with Crippen LogP contribution in [-0.2, 0) is 23.7 Å². The van der Waals surface area contributed by atoms with E-state index in [1.165, 1.54) is 0 Å². The van der Waals surface area contributed by atoms with Gasteiger partial charge in [-0.3, -0.25) is 0 Å². The molecule has 11 nitrogen and oxygen atoms in total. The molecule has 3 fully saturated rings. The minimum Gasteiger partial charge on any atom is -0.394 e. The topological polar surface area (TPSA) is 168 Å². The summed E-state index contributed by atoms with van der Waals surface area (Å²) in [4.78, 5) is 0. The number of aliphatic hydroxyl groups is 6. The Morgan fingerprint density at radius 3 is 2.06 bits per heavy atom. The van der Waals surface area contributed by atoms with Crippen LogP contribution in [-0.4, -0.2) is 119 Å². The summed E-state index contributed by atoms with van der Waals surface area (Å²) >= 11 is 0. The average molecular weight is 483 g/mol. The third-order valence-electron chi connectivity index (χ3n) is 6.30. The lowest BCUT2D eigenvalue weighted by Crippen LogP contribution is -2.69. The van der Waals surface area contributed by atoms with Crippen LogP contribution in [0.4, 0.5) is 0 Å². The van der Waals surface area contributed by atoms with Gasteiger partial charge < -0.3 is 54.3 Å². The third-order valence-corrected chi connectivity index (χ3v) is 8.05. The molecular formula is C20H38O11Si. The molecule has 0 aromatic rings. The fraction of sp³-hybridized carbons (Fsp3) is 1.00. The number of hydrogen-bond acceptors (Lipinski definition) is 11. The van der Waals surface area contributed by atoms with Crippen LogP contribution in [0.5, 0.6) is 0 Å². The van der Waals surface area contributed by atoms with Gasteiger partial charge in [0.15, 0.2) is 18.4 Å². The first-order chi connectivity index (χ1) is 14.7. The van der Waals surface area contributed by atoms with Crippen molar-refractivity contribution in [3.63, 3.8) is 0 Å². The van der Waals surface area contributed by atoms with Crippen molar-refractivity contribution in [3.05, 3.63) is 0 Å². The molecule has 10 atom stereocenters. The van der Waals surface area contributed by atoms with Crippen LogP contribution in [0.1, 0.15) is 20.3 Å². The molecule has 0 saturated carbocycles. The maximum absolute atomic E-state index is 11.1. The van der Waals surface area contributed by atoms with Gasteiger partial charge in [0.1, 0.15) is 48.3 Å². The first-order valence-electron chi connectivity index (χ1n) is 11.0. The number of hydrogen-bond donors (Lipinski definition) is 6. The zero-order valence-corrected chi connectivity index (χ0v) is 20.2. The highest BCUT2D eigenvalue weighted by atomic mass is 28.3. The van der Waals surface area contributed by atoms with Gasteiger partial charge in [-0.25, -0.2) is 0 Å². The molecule has 0 spiro atoms. The largest absolute Gasteiger partial charge is 0.394 e. The lowest BCUT2D eigenvalue weighted by Gasteiger charge is -2.50. The Morgan fingerprint density at radius 2 is 1.50 bits per heavy atom. The summed E-state index contributed by atoms with van der Waals surface area (Å²) in [5.41, 5.74) is -2.04. The maximum atomic E-state index is 11.1. The number of fused-ring (bicyclic) bond motifs is 1. The molecule has 32 heavy (non-hydrogen) atoms. The molecule has 0 aliphatic carbocycles. The van der Waals surface area contributed by atoms with E-state index < -0.39 is 88.0 Å². The van der Waals surface area contributed by atoms with Gasteiger partial charge in [0.25, 0.3) is 0 Å². The molecule has 3 saturated heterocycles. The van der Waals surface area contributed by atoms with Crippen molar-refractivity contribution in [1.29, 1.82) is 0 Å². The molecule has 12 heteroatoms. The van der Waals surface area contributed by atoms with Crippen LogP contribution in [0.3, 0.4) is 0 Å². The van der Waals surface area contributed by atoms with E-state index in [-0.39, 0.29) is 6.42 Å². The predicted molar refractivity (Wildman–Crippen MR) is 112 cm³/mol. The SMILES string of the molecule is CC1(C)O[C@@H]2[C@@H](O)[C@H](O[C@@H]3[C@@H](CO)O[C@@H](O)[C@@](O)(CC[Si](C)(C)C)[C@H]3O)O[C@H](CO)[C@@H]2O1. The van der Waals surface area contributed by atoms with Gasteiger partial charge in [0.05, 0.1) is 13.2 Å². The molecule has 3 heterocycles. The lowest BCUT2D eigenvalue weighted by molar-refractivity contribution is -0.370. The Bertz CT molecular complexity index is 644. The van der Waals surface area contributed by atoms with Crippen molar-refractivity contribution in [2.75, 3.05) is 13.2 Å². The van der Waals surface area contributed by atoms with Crippen molar-refractivity contribution >= 4 is 8.07 Å². The van der Waals surface area contributed by atoms with Crippen LogP contribution < -0.4 is 0 Å². The van der Waals surface area contributed by atoms with Gasteiger partial charge >= 0.3 is 0 Å². The molecule has 0 aromatic heterocycles. The summed E-state index contributed by atoms with van der Waals surface area (Å²) in [5.74, 6) is -1.01. The second-order valence-electron chi connectivity index (χ2n) is 10.6. The Balaban J connectivity index is 1.80. The summed E-state index contributed by atoms with van der Waals surface area (Å²) in [6, 6.07) is 0.594. The molecule has 0 amide bonds. The van der Waals surface area contributed by atoms with Gasteiger partial charge in [-0.05, 0) is 20.3 Å². The van der Waals surface area contributed by atoms with Crippen molar-refractivity contribution in [3.8, 4) is 0 Å². The molecular weight excluding hydrogens is 444 g/mol. The molecule has 0 bridgehead atoms. The highest BCUT2D eigenvalue weighted by Crippen LogP contribution is 2.40.